The molecule has 0 unspecified atom stereocenters. The Morgan fingerprint density at radius 3 is 2.24 bits per heavy atom. The molecule has 0 bridgehead atoms. The lowest BCUT2D eigenvalue weighted by molar-refractivity contribution is 0.667. The van der Waals surface area contributed by atoms with Gasteiger partial charge < -0.3 is 4.42 Å². The number of anilines is 3. The Morgan fingerprint density at radius 1 is 0.529 bits per heavy atom. The van der Waals surface area contributed by atoms with Crippen molar-refractivity contribution in [3.05, 3.63) is 164 Å². The second-order valence-electron chi connectivity index (χ2n) is 12.9. The van der Waals surface area contributed by atoms with Crippen molar-refractivity contribution in [2.75, 3.05) is 4.90 Å². The molecular weight excluding hydrogens is 627 g/mol. The van der Waals surface area contributed by atoms with Gasteiger partial charge in [-0.2, -0.15) is 0 Å². The fourth-order valence-corrected chi connectivity index (χ4v) is 7.67. The molecule has 0 fully saturated rings. The smallest absolute Gasteiger partial charge is 0.220 e. The summed E-state index contributed by atoms with van der Waals surface area (Å²) in [6.45, 7) is 0. The van der Waals surface area contributed by atoms with Crippen LogP contribution in [-0.4, -0.2) is 19.5 Å². The number of rotatable bonds is 3. The number of hydrogen-bond acceptors (Lipinski definition) is 5. The monoisotopic (exact) mass is 653 g/mol. The Bertz CT molecular complexity index is 3000. The lowest BCUT2D eigenvalue weighted by Gasteiger charge is -2.25. The molecule has 0 saturated heterocycles. The van der Waals surface area contributed by atoms with Gasteiger partial charge in [0, 0.05) is 33.3 Å². The van der Waals surface area contributed by atoms with Gasteiger partial charge in [0.2, 0.25) is 5.95 Å². The molecule has 0 atom stereocenters. The van der Waals surface area contributed by atoms with Gasteiger partial charge in [-0.25, -0.2) is 15.0 Å². The average Bonchev–Trinajstić information content (AvgIpc) is 3.73. The van der Waals surface area contributed by atoms with E-state index in [1.165, 1.54) is 16.3 Å². The number of imidazole rings is 1. The summed E-state index contributed by atoms with van der Waals surface area (Å²) in [7, 11) is 0. The fraction of sp³-hybridized carbons (Fsp3) is 0. The van der Waals surface area contributed by atoms with E-state index in [4.69, 9.17) is 19.4 Å². The highest BCUT2D eigenvalue weighted by Crippen LogP contribution is 2.50. The third-order valence-electron chi connectivity index (χ3n) is 9.93. The predicted molar refractivity (Wildman–Crippen MR) is 206 cm³/mol. The number of para-hydroxylation sites is 4. The van der Waals surface area contributed by atoms with Crippen LogP contribution in [0.3, 0.4) is 0 Å². The summed E-state index contributed by atoms with van der Waals surface area (Å²) in [6, 6.07) is 56.8. The zero-order chi connectivity index (χ0) is 33.5. The molecule has 0 spiro atoms. The molecular formula is C45H27N5O. The van der Waals surface area contributed by atoms with E-state index in [0.717, 1.165) is 72.9 Å². The molecule has 0 amide bonds. The molecule has 238 valence electrons. The minimum Gasteiger partial charge on any atom is -0.452 e. The van der Waals surface area contributed by atoms with E-state index in [1.807, 2.05) is 42.5 Å². The van der Waals surface area contributed by atoms with Crippen molar-refractivity contribution >= 4 is 61.2 Å². The van der Waals surface area contributed by atoms with E-state index in [-0.39, 0.29) is 0 Å². The SMILES string of the molecule is c1ccc(-c2nc(-c3cccc(N4c5ccccc5-c5c(ccc6ccccc56)-n5c4nc4ccccc45)c3)nc3c2oc2ccccc23)cc1. The largest absolute Gasteiger partial charge is 0.452 e. The topological polar surface area (TPSA) is 60.0 Å². The summed E-state index contributed by atoms with van der Waals surface area (Å²) in [6.07, 6.45) is 0. The highest BCUT2D eigenvalue weighted by Gasteiger charge is 2.30. The Morgan fingerprint density at radius 2 is 1.29 bits per heavy atom. The number of benzene rings is 7. The molecule has 3 aromatic heterocycles. The quantitative estimate of drug-likeness (QED) is 0.190. The molecule has 51 heavy (non-hydrogen) atoms. The summed E-state index contributed by atoms with van der Waals surface area (Å²) in [4.78, 5) is 18.0. The third-order valence-corrected chi connectivity index (χ3v) is 9.93. The zero-order valence-electron chi connectivity index (χ0n) is 27.2. The van der Waals surface area contributed by atoms with Crippen LogP contribution in [0.25, 0.3) is 83.3 Å². The van der Waals surface area contributed by atoms with Gasteiger partial charge in [0.05, 0.1) is 22.4 Å². The van der Waals surface area contributed by atoms with Gasteiger partial charge in [-0.15, -0.1) is 0 Å². The first-order chi connectivity index (χ1) is 25.3. The Labute approximate surface area is 292 Å². The van der Waals surface area contributed by atoms with Gasteiger partial charge in [-0.1, -0.05) is 115 Å². The van der Waals surface area contributed by atoms with Crippen molar-refractivity contribution in [2.24, 2.45) is 0 Å². The molecule has 4 heterocycles. The van der Waals surface area contributed by atoms with E-state index in [1.54, 1.807) is 0 Å². The van der Waals surface area contributed by atoms with E-state index < -0.39 is 0 Å². The molecule has 6 heteroatoms. The van der Waals surface area contributed by atoms with Gasteiger partial charge >= 0.3 is 0 Å². The predicted octanol–water partition coefficient (Wildman–Crippen LogP) is 11.7. The second kappa shape index (κ2) is 10.7. The number of furan rings is 1. The minimum atomic E-state index is 0.626. The number of aromatic nitrogens is 4. The van der Waals surface area contributed by atoms with Crippen molar-refractivity contribution < 1.29 is 4.42 Å². The van der Waals surface area contributed by atoms with E-state index in [0.29, 0.717) is 11.4 Å². The van der Waals surface area contributed by atoms with Crippen molar-refractivity contribution in [3.63, 3.8) is 0 Å². The zero-order valence-corrected chi connectivity index (χ0v) is 27.2. The second-order valence-corrected chi connectivity index (χ2v) is 12.9. The van der Waals surface area contributed by atoms with Crippen LogP contribution in [-0.2, 0) is 0 Å². The maximum atomic E-state index is 6.39. The summed E-state index contributed by atoms with van der Waals surface area (Å²) in [5.41, 5.74) is 12.3. The van der Waals surface area contributed by atoms with Gasteiger partial charge in [-0.05, 0) is 59.3 Å². The van der Waals surface area contributed by atoms with Crippen LogP contribution in [0.15, 0.2) is 168 Å². The molecule has 0 aliphatic carbocycles. The number of nitrogens with zero attached hydrogens (tertiary/aromatic N) is 5. The maximum absolute atomic E-state index is 6.39. The minimum absolute atomic E-state index is 0.626. The molecule has 0 saturated carbocycles. The van der Waals surface area contributed by atoms with Crippen LogP contribution < -0.4 is 4.90 Å². The van der Waals surface area contributed by atoms with Gasteiger partial charge in [-0.3, -0.25) is 9.47 Å². The Balaban J connectivity index is 1.18. The van der Waals surface area contributed by atoms with Crippen LogP contribution >= 0.6 is 0 Å². The number of fused-ring (bicyclic) bond motifs is 12. The van der Waals surface area contributed by atoms with Gasteiger partial charge in [0.25, 0.3) is 0 Å². The molecule has 1 aliphatic heterocycles. The maximum Gasteiger partial charge on any atom is 0.220 e. The van der Waals surface area contributed by atoms with Crippen LogP contribution in [0.5, 0.6) is 0 Å². The van der Waals surface area contributed by atoms with Crippen LogP contribution in [0.4, 0.5) is 17.3 Å². The standard InChI is InChI=1S/C45H27N5O/c1-2-14-29(15-3-1)41-43-42(34-20-7-11-24-39(34)51-43)48-44(47-41)30-16-12-17-31(27-30)49-36-22-9-6-19-33(36)40-32-18-5-4-13-28(32)25-26-38(40)50-37-23-10-8-21-35(37)46-45(49)50/h1-27H. The highest BCUT2D eigenvalue weighted by atomic mass is 16.3. The van der Waals surface area contributed by atoms with E-state index >= 15 is 0 Å². The molecule has 11 rings (SSSR count). The molecule has 10 aromatic rings. The van der Waals surface area contributed by atoms with Crippen LogP contribution in [0.1, 0.15) is 0 Å². The van der Waals surface area contributed by atoms with Crippen molar-refractivity contribution in [3.8, 4) is 39.5 Å². The summed E-state index contributed by atoms with van der Waals surface area (Å²) >= 11 is 0. The fourth-order valence-electron chi connectivity index (χ4n) is 7.67. The first-order valence-corrected chi connectivity index (χ1v) is 17.0. The number of hydrogen-bond donors (Lipinski definition) is 0. The van der Waals surface area contributed by atoms with Crippen LogP contribution in [0.2, 0.25) is 0 Å². The molecule has 1 aliphatic rings. The normalized spacial score (nSPS) is 12.3. The lowest BCUT2D eigenvalue weighted by atomic mass is 9.95. The first kappa shape index (κ1) is 27.9. The summed E-state index contributed by atoms with van der Waals surface area (Å²) in [5.74, 6) is 1.44. The third kappa shape index (κ3) is 4.14. The van der Waals surface area contributed by atoms with Crippen molar-refractivity contribution in [1.82, 2.24) is 19.5 Å². The van der Waals surface area contributed by atoms with Gasteiger partial charge in [0.1, 0.15) is 16.8 Å². The summed E-state index contributed by atoms with van der Waals surface area (Å²) in [5, 5.41) is 3.36. The van der Waals surface area contributed by atoms with E-state index in [2.05, 4.69) is 131 Å². The van der Waals surface area contributed by atoms with Crippen molar-refractivity contribution in [1.29, 1.82) is 0 Å². The molecule has 0 radical (unpaired) electrons. The molecule has 7 aromatic carbocycles. The van der Waals surface area contributed by atoms with Gasteiger partial charge in [0.15, 0.2) is 11.4 Å². The Hall–Kier alpha value is -7.05. The van der Waals surface area contributed by atoms with Crippen molar-refractivity contribution in [2.45, 2.75) is 0 Å². The van der Waals surface area contributed by atoms with Crippen LogP contribution in [0, 0.1) is 0 Å². The highest BCUT2D eigenvalue weighted by molar-refractivity contribution is 6.09. The Kier molecular flexibility index (Phi) is 5.86. The average molecular weight is 654 g/mol. The molecule has 6 nitrogen and oxygen atoms in total. The lowest BCUT2D eigenvalue weighted by Crippen LogP contribution is -2.14. The molecule has 0 N–H and O–H groups in total. The van der Waals surface area contributed by atoms with E-state index in [9.17, 15) is 0 Å². The first-order valence-electron chi connectivity index (χ1n) is 17.0. The summed E-state index contributed by atoms with van der Waals surface area (Å²) < 4.78 is 8.69.